The van der Waals surface area contributed by atoms with Crippen LogP contribution in [-0.4, -0.2) is 29.6 Å². The lowest BCUT2D eigenvalue weighted by atomic mass is 9.88. The molecular formula is C20H32N2O3. The fraction of sp³-hybridized carbons (Fsp3) is 0.600. The first-order valence-corrected chi connectivity index (χ1v) is 8.71. The van der Waals surface area contributed by atoms with E-state index >= 15 is 0 Å². The molecule has 140 valence electrons. The Labute approximate surface area is 151 Å². The summed E-state index contributed by atoms with van der Waals surface area (Å²) < 4.78 is 0. The summed E-state index contributed by atoms with van der Waals surface area (Å²) in [7, 11) is 0. The Balaban J connectivity index is 2.63. The minimum Gasteiger partial charge on any atom is -0.394 e. The molecule has 1 atom stereocenters. The Kier molecular flexibility index (Phi) is 7.17. The first-order chi connectivity index (χ1) is 11.4. The summed E-state index contributed by atoms with van der Waals surface area (Å²) in [5.74, 6) is -0.212. The van der Waals surface area contributed by atoms with Crippen molar-refractivity contribution in [2.45, 2.75) is 60.5 Å². The highest BCUT2D eigenvalue weighted by Gasteiger charge is 2.21. The molecule has 0 aliphatic carbocycles. The predicted molar refractivity (Wildman–Crippen MR) is 100 cm³/mol. The third-order valence-corrected chi connectivity index (χ3v) is 3.76. The van der Waals surface area contributed by atoms with E-state index in [0.29, 0.717) is 18.5 Å². The Bertz CT molecular complexity index is 580. The number of aliphatic hydroxyl groups is 1. The van der Waals surface area contributed by atoms with Gasteiger partial charge in [0.05, 0.1) is 12.6 Å². The van der Waals surface area contributed by atoms with E-state index in [1.807, 2.05) is 32.9 Å². The quantitative estimate of drug-likeness (QED) is 0.740. The normalized spacial score (nSPS) is 13.2. The minimum atomic E-state index is -0.424. The topological polar surface area (TPSA) is 78.4 Å². The number of nitrogens with one attached hydrogen (secondary N) is 2. The number of aliphatic hydroxyl groups excluding tert-OH is 1. The maximum absolute atomic E-state index is 12.3. The molecule has 0 aromatic heterocycles. The van der Waals surface area contributed by atoms with Gasteiger partial charge >= 0.3 is 0 Å². The van der Waals surface area contributed by atoms with Crippen LogP contribution in [0.4, 0.5) is 0 Å². The molecule has 0 radical (unpaired) electrons. The van der Waals surface area contributed by atoms with E-state index in [0.717, 1.165) is 5.56 Å². The van der Waals surface area contributed by atoms with Crippen LogP contribution in [0.3, 0.4) is 0 Å². The van der Waals surface area contributed by atoms with Crippen molar-refractivity contribution in [2.75, 3.05) is 6.61 Å². The van der Waals surface area contributed by atoms with E-state index in [2.05, 4.69) is 31.4 Å². The lowest BCUT2D eigenvalue weighted by Gasteiger charge is -2.25. The standard InChI is InChI=1S/C20H32N2O3/c1-19(2,3)11-16(13-23)22-17(24)15-9-7-14(8-10-15)12-21-18(25)20(4,5)6/h7-10,16,23H,11-13H2,1-6H3,(H,21,25)(H,22,24). The molecule has 0 heterocycles. The number of rotatable bonds is 6. The highest BCUT2D eigenvalue weighted by molar-refractivity contribution is 5.94. The fourth-order valence-electron chi connectivity index (χ4n) is 2.39. The van der Waals surface area contributed by atoms with Crippen molar-refractivity contribution >= 4 is 11.8 Å². The maximum atomic E-state index is 12.3. The smallest absolute Gasteiger partial charge is 0.251 e. The third-order valence-electron chi connectivity index (χ3n) is 3.76. The van der Waals surface area contributed by atoms with Crippen molar-refractivity contribution in [2.24, 2.45) is 10.8 Å². The van der Waals surface area contributed by atoms with Gasteiger partial charge in [-0.15, -0.1) is 0 Å². The Hall–Kier alpha value is -1.88. The molecule has 3 N–H and O–H groups in total. The number of carbonyl (C=O) groups is 2. The summed E-state index contributed by atoms with van der Waals surface area (Å²) in [6.07, 6.45) is 0.701. The van der Waals surface area contributed by atoms with Gasteiger partial charge in [0, 0.05) is 17.5 Å². The van der Waals surface area contributed by atoms with E-state index in [4.69, 9.17) is 0 Å². The summed E-state index contributed by atoms with van der Waals surface area (Å²) in [4.78, 5) is 24.2. The van der Waals surface area contributed by atoms with Crippen LogP contribution >= 0.6 is 0 Å². The van der Waals surface area contributed by atoms with Crippen LogP contribution < -0.4 is 10.6 Å². The summed E-state index contributed by atoms with van der Waals surface area (Å²) in [6, 6.07) is 6.86. The molecule has 0 saturated heterocycles. The average molecular weight is 348 g/mol. The van der Waals surface area contributed by atoms with Crippen molar-refractivity contribution in [1.29, 1.82) is 0 Å². The Morgan fingerprint density at radius 1 is 1.04 bits per heavy atom. The molecular weight excluding hydrogens is 316 g/mol. The molecule has 0 fully saturated rings. The third kappa shape index (κ3) is 7.69. The molecule has 0 aliphatic heterocycles. The van der Waals surface area contributed by atoms with Gasteiger partial charge in [-0.3, -0.25) is 9.59 Å². The molecule has 2 amide bonds. The monoisotopic (exact) mass is 348 g/mol. The number of hydrogen-bond acceptors (Lipinski definition) is 3. The second-order valence-electron chi connectivity index (χ2n) is 8.75. The first kappa shape index (κ1) is 21.2. The maximum Gasteiger partial charge on any atom is 0.251 e. The molecule has 1 aromatic carbocycles. The summed E-state index contributed by atoms with van der Waals surface area (Å²) in [5, 5.41) is 15.2. The summed E-state index contributed by atoms with van der Waals surface area (Å²) in [6.45, 7) is 12.2. The zero-order valence-electron chi connectivity index (χ0n) is 16.3. The van der Waals surface area contributed by atoms with Gasteiger partial charge in [-0.25, -0.2) is 0 Å². The number of benzene rings is 1. The van der Waals surface area contributed by atoms with Crippen LogP contribution in [0.25, 0.3) is 0 Å². The van der Waals surface area contributed by atoms with Crippen molar-refractivity contribution in [3.8, 4) is 0 Å². The van der Waals surface area contributed by atoms with Gasteiger partial charge < -0.3 is 15.7 Å². The minimum absolute atomic E-state index is 0.0118. The van der Waals surface area contributed by atoms with Crippen LogP contribution in [0.15, 0.2) is 24.3 Å². The lowest BCUT2D eigenvalue weighted by molar-refractivity contribution is -0.128. The van der Waals surface area contributed by atoms with Crippen LogP contribution in [0, 0.1) is 10.8 Å². The Morgan fingerprint density at radius 3 is 2.04 bits per heavy atom. The average Bonchev–Trinajstić information content (AvgIpc) is 2.50. The zero-order valence-corrected chi connectivity index (χ0v) is 16.3. The zero-order chi connectivity index (χ0) is 19.3. The van der Waals surface area contributed by atoms with E-state index in [-0.39, 0.29) is 29.9 Å². The van der Waals surface area contributed by atoms with E-state index < -0.39 is 5.41 Å². The second kappa shape index (κ2) is 8.48. The van der Waals surface area contributed by atoms with E-state index in [1.165, 1.54) is 0 Å². The van der Waals surface area contributed by atoms with Crippen LogP contribution in [0.1, 0.15) is 63.9 Å². The summed E-state index contributed by atoms with van der Waals surface area (Å²) >= 11 is 0. The van der Waals surface area contributed by atoms with Gasteiger partial charge in [0.2, 0.25) is 5.91 Å². The molecule has 5 nitrogen and oxygen atoms in total. The lowest BCUT2D eigenvalue weighted by Crippen LogP contribution is -2.40. The van der Waals surface area contributed by atoms with Gasteiger partial charge in [0.25, 0.3) is 5.91 Å². The van der Waals surface area contributed by atoms with Crippen molar-refractivity contribution in [3.05, 3.63) is 35.4 Å². The van der Waals surface area contributed by atoms with Gasteiger partial charge in [-0.1, -0.05) is 53.7 Å². The summed E-state index contributed by atoms with van der Waals surface area (Å²) in [5.41, 5.74) is 1.07. The molecule has 0 saturated carbocycles. The SMILES string of the molecule is CC(C)(C)CC(CO)NC(=O)c1ccc(CNC(=O)C(C)(C)C)cc1. The van der Waals surface area contributed by atoms with E-state index in [1.54, 1.807) is 12.1 Å². The molecule has 0 bridgehead atoms. The molecule has 1 rings (SSSR count). The Morgan fingerprint density at radius 2 is 1.60 bits per heavy atom. The van der Waals surface area contributed by atoms with Gasteiger partial charge in [-0.05, 0) is 29.5 Å². The van der Waals surface area contributed by atoms with Gasteiger partial charge in [0.15, 0.2) is 0 Å². The molecule has 1 aromatic rings. The fourth-order valence-corrected chi connectivity index (χ4v) is 2.39. The van der Waals surface area contributed by atoms with Crippen LogP contribution in [0.2, 0.25) is 0 Å². The van der Waals surface area contributed by atoms with Crippen LogP contribution in [-0.2, 0) is 11.3 Å². The van der Waals surface area contributed by atoms with Crippen molar-refractivity contribution in [3.63, 3.8) is 0 Å². The van der Waals surface area contributed by atoms with Crippen molar-refractivity contribution in [1.82, 2.24) is 10.6 Å². The first-order valence-electron chi connectivity index (χ1n) is 8.71. The molecule has 0 aliphatic rings. The van der Waals surface area contributed by atoms with Crippen molar-refractivity contribution < 1.29 is 14.7 Å². The van der Waals surface area contributed by atoms with Gasteiger partial charge in [0.1, 0.15) is 0 Å². The molecule has 5 heteroatoms. The largest absolute Gasteiger partial charge is 0.394 e. The highest BCUT2D eigenvalue weighted by atomic mass is 16.3. The van der Waals surface area contributed by atoms with Gasteiger partial charge in [-0.2, -0.15) is 0 Å². The van der Waals surface area contributed by atoms with E-state index in [9.17, 15) is 14.7 Å². The number of hydrogen-bond donors (Lipinski definition) is 3. The highest BCUT2D eigenvalue weighted by Crippen LogP contribution is 2.21. The second-order valence-corrected chi connectivity index (χ2v) is 8.75. The van der Waals surface area contributed by atoms with Crippen LogP contribution in [0.5, 0.6) is 0 Å². The molecule has 0 spiro atoms. The molecule has 1 unspecified atom stereocenters. The molecule has 25 heavy (non-hydrogen) atoms. The number of amides is 2. The number of carbonyl (C=O) groups excluding carboxylic acids is 2. The predicted octanol–water partition coefficient (Wildman–Crippen LogP) is 2.88.